The molecule has 0 spiro atoms. The van der Waals surface area contributed by atoms with Crippen molar-refractivity contribution in [1.29, 1.82) is 0 Å². The van der Waals surface area contributed by atoms with Gasteiger partial charge in [-0.15, -0.1) is 0 Å². The van der Waals surface area contributed by atoms with Gasteiger partial charge in [0, 0.05) is 5.54 Å². The smallest absolute Gasteiger partial charge is 0.152 e. The molecule has 1 aliphatic rings. The van der Waals surface area contributed by atoms with Gasteiger partial charge in [-0.1, -0.05) is 6.08 Å². The first kappa shape index (κ1) is 9.46. The normalized spacial score (nSPS) is 31.6. The summed E-state index contributed by atoms with van der Waals surface area (Å²) in [6.07, 6.45) is 6.10. The van der Waals surface area contributed by atoms with Crippen LogP contribution >= 0.6 is 0 Å². The Morgan fingerprint density at radius 3 is 2.67 bits per heavy atom. The zero-order valence-corrected chi connectivity index (χ0v) is 8.13. The van der Waals surface area contributed by atoms with E-state index in [1.54, 1.807) is 13.0 Å². The van der Waals surface area contributed by atoms with Crippen LogP contribution in [0.25, 0.3) is 0 Å². The lowest BCUT2D eigenvalue weighted by molar-refractivity contribution is -0.112. The number of likely N-dealkylation sites (N-methyl/N-ethyl adjacent to an activating group) is 1. The Hall–Kier alpha value is -0.630. The van der Waals surface area contributed by atoms with E-state index < -0.39 is 0 Å². The zero-order chi connectivity index (χ0) is 9.19. The fraction of sp³-hybridized carbons (Fsp3) is 0.700. The Bertz CT molecular complexity index is 210. The highest BCUT2D eigenvalue weighted by Crippen LogP contribution is 2.28. The van der Waals surface area contributed by atoms with Crippen LogP contribution < -0.4 is 0 Å². The van der Waals surface area contributed by atoms with Crippen LogP contribution in [0.5, 0.6) is 0 Å². The molecule has 1 heterocycles. The SMILES string of the molecule is CC(=O)/C=C/C1(C)CCCN1C. The van der Waals surface area contributed by atoms with Crippen molar-refractivity contribution >= 4 is 5.78 Å². The van der Waals surface area contributed by atoms with Crippen LogP contribution in [0.4, 0.5) is 0 Å². The average molecular weight is 167 g/mol. The van der Waals surface area contributed by atoms with E-state index in [1.165, 1.54) is 6.42 Å². The molecule has 1 atom stereocenters. The maximum Gasteiger partial charge on any atom is 0.152 e. The number of hydrogen-bond donors (Lipinski definition) is 0. The van der Waals surface area contributed by atoms with Crippen LogP contribution in [0.1, 0.15) is 26.7 Å². The van der Waals surface area contributed by atoms with Crippen LogP contribution in [0.3, 0.4) is 0 Å². The van der Waals surface area contributed by atoms with Crippen molar-refractivity contribution < 1.29 is 4.79 Å². The van der Waals surface area contributed by atoms with Crippen molar-refractivity contribution in [3.05, 3.63) is 12.2 Å². The maximum absolute atomic E-state index is 10.7. The Balaban J connectivity index is 2.65. The minimum Gasteiger partial charge on any atom is -0.297 e. The summed E-state index contributed by atoms with van der Waals surface area (Å²) in [4.78, 5) is 13.0. The van der Waals surface area contributed by atoms with E-state index in [1.807, 2.05) is 6.08 Å². The second-order valence-electron chi connectivity index (χ2n) is 3.83. The van der Waals surface area contributed by atoms with Crippen LogP contribution in [-0.4, -0.2) is 29.8 Å². The number of likely N-dealkylation sites (tertiary alicyclic amines) is 1. The van der Waals surface area contributed by atoms with E-state index in [0.717, 1.165) is 13.0 Å². The molecule has 0 aromatic heterocycles. The van der Waals surface area contributed by atoms with E-state index in [-0.39, 0.29) is 11.3 Å². The standard InChI is InChI=1S/C10H17NO/c1-9(12)5-7-10(2)6-4-8-11(10)3/h5,7H,4,6,8H2,1-3H3/b7-5+. The summed E-state index contributed by atoms with van der Waals surface area (Å²) in [6, 6.07) is 0. The number of rotatable bonds is 2. The molecule has 1 fully saturated rings. The average Bonchev–Trinajstić information content (AvgIpc) is 2.30. The molecular formula is C10H17NO. The van der Waals surface area contributed by atoms with Gasteiger partial charge in [0.25, 0.3) is 0 Å². The van der Waals surface area contributed by atoms with Gasteiger partial charge in [-0.3, -0.25) is 9.69 Å². The molecule has 12 heavy (non-hydrogen) atoms. The van der Waals surface area contributed by atoms with Crippen molar-refractivity contribution in [2.24, 2.45) is 0 Å². The predicted molar refractivity (Wildman–Crippen MR) is 50.1 cm³/mol. The van der Waals surface area contributed by atoms with E-state index in [2.05, 4.69) is 18.9 Å². The number of ketones is 1. The molecule has 68 valence electrons. The second kappa shape index (κ2) is 3.40. The van der Waals surface area contributed by atoms with Gasteiger partial charge in [0.1, 0.15) is 0 Å². The van der Waals surface area contributed by atoms with Gasteiger partial charge >= 0.3 is 0 Å². The first-order chi connectivity index (χ1) is 5.54. The summed E-state index contributed by atoms with van der Waals surface area (Å²) < 4.78 is 0. The molecule has 1 aliphatic heterocycles. The van der Waals surface area contributed by atoms with E-state index in [4.69, 9.17) is 0 Å². The molecule has 0 aromatic rings. The summed E-state index contributed by atoms with van der Waals surface area (Å²) in [5.74, 6) is 0.136. The summed E-state index contributed by atoms with van der Waals surface area (Å²) in [7, 11) is 2.11. The Labute approximate surface area is 74.2 Å². The highest BCUT2D eigenvalue weighted by atomic mass is 16.1. The van der Waals surface area contributed by atoms with Gasteiger partial charge in [0.15, 0.2) is 5.78 Å². The molecule has 1 unspecified atom stereocenters. The second-order valence-corrected chi connectivity index (χ2v) is 3.83. The Morgan fingerprint density at radius 2 is 2.25 bits per heavy atom. The van der Waals surface area contributed by atoms with Crippen molar-refractivity contribution in [3.63, 3.8) is 0 Å². The van der Waals surface area contributed by atoms with E-state index >= 15 is 0 Å². The quantitative estimate of drug-likeness (QED) is 0.582. The van der Waals surface area contributed by atoms with Crippen LogP contribution in [-0.2, 0) is 4.79 Å². The van der Waals surface area contributed by atoms with Gasteiger partial charge in [0.05, 0.1) is 0 Å². The highest BCUT2D eigenvalue weighted by molar-refractivity contribution is 5.87. The first-order valence-corrected chi connectivity index (χ1v) is 4.46. The number of hydrogen-bond acceptors (Lipinski definition) is 2. The number of carbonyl (C=O) groups is 1. The summed E-state index contributed by atoms with van der Waals surface area (Å²) in [6.45, 7) is 4.91. The van der Waals surface area contributed by atoms with Crippen LogP contribution in [0, 0.1) is 0 Å². The molecule has 0 aromatic carbocycles. The molecule has 1 saturated heterocycles. The maximum atomic E-state index is 10.7. The summed E-state index contributed by atoms with van der Waals surface area (Å²) >= 11 is 0. The van der Waals surface area contributed by atoms with Crippen molar-refractivity contribution in [2.75, 3.05) is 13.6 Å². The van der Waals surface area contributed by atoms with Crippen molar-refractivity contribution in [2.45, 2.75) is 32.2 Å². The summed E-state index contributed by atoms with van der Waals surface area (Å²) in [5.41, 5.74) is 0.117. The minimum absolute atomic E-state index is 0.117. The van der Waals surface area contributed by atoms with Gasteiger partial charge in [-0.2, -0.15) is 0 Å². The largest absolute Gasteiger partial charge is 0.297 e. The lowest BCUT2D eigenvalue weighted by Crippen LogP contribution is -2.35. The summed E-state index contributed by atoms with van der Waals surface area (Å²) in [5, 5.41) is 0. The molecular weight excluding hydrogens is 150 g/mol. The topological polar surface area (TPSA) is 20.3 Å². The zero-order valence-electron chi connectivity index (χ0n) is 8.13. The van der Waals surface area contributed by atoms with Crippen molar-refractivity contribution in [3.8, 4) is 0 Å². The monoisotopic (exact) mass is 167 g/mol. The first-order valence-electron chi connectivity index (χ1n) is 4.46. The Kier molecular flexibility index (Phi) is 2.68. The van der Waals surface area contributed by atoms with Gasteiger partial charge < -0.3 is 0 Å². The van der Waals surface area contributed by atoms with Crippen molar-refractivity contribution in [1.82, 2.24) is 4.90 Å². The lowest BCUT2D eigenvalue weighted by Gasteiger charge is -2.28. The van der Waals surface area contributed by atoms with Gasteiger partial charge in [-0.25, -0.2) is 0 Å². The Morgan fingerprint density at radius 1 is 1.58 bits per heavy atom. The number of carbonyl (C=O) groups excluding carboxylic acids is 1. The van der Waals surface area contributed by atoms with E-state index in [0.29, 0.717) is 0 Å². The highest BCUT2D eigenvalue weighted by Gasteiger charge is 2.30. The molecule has 2 nitrogen and oxygen atoms in total. The van der Waals surface area contributed by atoms with E-state index in [9.17, 15) is 4.79 Å². The molecule has 0 amide bonds. The van der Waals surface area contributed by atoms with Gasteiger partial charge in [-0.05, 0) is 46.4 Å². The predicted octanol–water partition coefficient (Wildman–Crippen LogP) is 1.62. The number of allylic oxidation sites excluding steroid dienone is 1. The third-order valence-electron chi connectivity index (χ3n) is 2.73. The third kappa shape index (κ3) is 1.95. The molecule has 1 rings (SSSR count). The fourth-order valence-electron chi connectivity index (χ4n) is 1.63. The van der Waals surface area contributed by atoms with Crippen LogP contribution in [0.15, 0.2) is 12.2 Å². The van der Waals surface area contributed by atoms with Gasteiger partial charge in [0.2, 0.25) is 0 Å². The number of nitrogens with zero attached hydrogens (tertiary/aromatic N) is 1. The minimum atomic E-state index is 0.117. The molecule has 2 heteroatoms. The lowest BCUT2D eigenvalue weighted by atomic mass is 9.98. The van der Waals surface area contributed by atoms with Crippen LogP contribution in [0.2, 0.25) is 0 Å². The third-order valence-corrected chi connectivity index (χ3v) is 2.73. The molecule has 0 bridgehead atoms. The fourth-order valence-corrected chi connectivity index (χ4v) is 1.63. The molecule has 0 aliphatic carbocycles. The molecule has 0 saturated carbocycles. The molecule has 0 radical (unpaired) electrons. The molecule has 0 N–H and O–H groups in total.